The van der Waals surface area contributed by atoms with Gasteiger partial charge in [-0.25, -0.2) is 0 Å². The second-order valence-electron chi connectivity index (χ2n) is 7.30. The first kappa shape index (κ1) is 20.0. The van der Waals surface area contributed by atoms with Gasteiger partial charge in [0.2, 0.25) is 5.91 Å². The smallest absolute Gasteiger partial charge is 0.226 e. The molecule has 0 spiro atoms. The van der Waals surface area contributed by atoms with Crippen molar-refractivity contribution in [2.24, 2.45) is 5.92 Å². The first-order valence-electron chi connectivity index (χ1n) is 9.67. The van der Waals surface area contributed by atoms with E-state index in [0.717, 1.165) is 5.56 Å². The van der Waals surface area contributed by atoms with Crippen molar-refractivity contribution >= 4 is 34.9 Å². The van der Waals surface area contributed by atoms with Crippen molar-refractivity contribution in [3.63, 3.8) is 0 Å². The molecule has 4 rings (SSSR count). The molecule has 1 saturated heterocycles. The standard InChI is InChI=1S/C22H21Cl2NO4/c23-17-3-2-16(13-18(17)24)22(27)15-5-7-25(8-6-15)21(26)12-14-1-4-19-20(11-14)29-10-9-28-19/h1-4,11,13,15H,5-10,12H2. The monoisotopic (exact) mass is 433 g/mol. The molecule has 5 nitrogen and oxygen atoms in total. The van der Waals surface area contributed by atoms with Crippen LogP contribution in [0.25, 0.3) is 0 Å². The van der Waals surface area contributed by atoms with Gasteiger partial charge in [-0.15, -0.1) is 0 Å². The SMILES string of the molecule is O=C(c1ccc(Cl)c(Cl)c1)C1CCN(C(=O)Cc2ccc3c(c2)OCCO3)CC1. The summed E-state index contributed by atoms with van der Waals surface area (Å²) in [5.41, 5.74) is 1.47. The molecular formula is C22H21Cl2NO4. The zero-order valence-corrected chi connectivity index (χ0v) is 17.3. The number of amides is 1. The molecule has 2 aliphatic heterocycles. The van der Waals surface area contributed by atoms with Gasteiger partial charge in [-0.05, 0) is 48.7 Å². The Labute approximate surface area is 179 Å². The molecule has 2 aromatic rings. The van der Waals surface area contributed by atoms with Gasteiger partial charge in [-0.3, -0.25) is 9.59 Å². The number of benzene rings is 2. The molecule has 0 saturated carbocycles. The average Bonchev–Trinajstić information content (AvgIpc) is 2.75. The summed E-state index contributed by atoms with van der Waals surface area (Å²) in [6.45, 7) is 2.20. The van der Waals surface area contributed by atoms with E-state index in [9.17, 15) is 9.59 Å². The fourth-order valence-corrected chi connectivity index (χ4v) is 4.06. The van der Waals surface area contributed by atoms with E-state index >= 15 is 0 Å². The maximum Gasteiger partial charge on any atom is 0.226 e. The highest BCUT2D eigenvalue weighted by Gasteiger charge is 2.28. The van der Waals surface area contributed by atoms with Gasteiger partial charge in [0.05, 0.1) is 16.5 Å². The molecule has 0 N–H and O–H groups in total. The molecule has 1 fully saturated rings. The van der Waals surface area contributed by atoms with Crippen LogP contribution in [0.5, 0.6) is 11.5 Å². The summed E-state index contributed by atoms with van der Waals surface area (Å²) < 4.78 is 11.1. The van der Waals surface area contributed by atoms with E-state index in [4.69, 9.17) is 32.7 Å². The molecule has 2 heterocycles. The molecular weight excluding hydrogens is 413 g/mol. The average molecular weight is 434 g/mol. The quantitative estimate of drug-likeness (QED) is 0.669. The second kappa shape index (κ2) is 8.64. The summed E-state index contributed by atoms with van der Waals surface area (Å²) in [5.74, 6) is 1.41. The Hall–Kier alpha value is -2.24. The van der Waals surface area contributed by atoms with Crippen LogP contribution in [0.1, 0.15) is 28.8 Å². The number of likely N-dealkylation sites (tertiary alicyclic amines) is 1. The third kappa shape index (κ3) is 4.51. The van der Waals surface area contributed by atoms with Crippen molar-refractivity contribution < 1.29 is 19.1 Å². The highest BCUT2D eigenvalue weighted by Crippen LogP contribution is 2.31. The molecule has 1 amide bonds. The summed E-state index contributed by atoms with van der Waals surface area (Å²) in [5, 5.41) is 0.812. The number of hydrogen-bond acceptors (Lipinski definition) is 4. The van der Waals surface area contributed by atoms with Gasteiger partial charge >= 0.3 is 0 Å². The van der Waals surface area contributed by atoms with Crippen LogP contribution in [0.2, 0.25) is 10.0 Å². The van der Waals surface area contributed by atoms with Gasteiger partial charge in [-0.1, -0.05) is 29.3 Å². The first-order valence-corrected chi connectivity index (χ1v) is 10.4. The third-order valence-electron chi connectivity index (χ3n) is 5.38. The van der Waals surface area contributed by atoms with E-state index in [1.807, 2.05) is 23.1 Å². The Balaban J connectivity index is 1.33. The van der Waals surface area contributed by atoms with Crippen molar-refractivity contribution in [3.05, 3.63) is 57.6 Å². The van der Waals surface area contributed by atoms with E-state index in [0.29, 0.717) is 72.7 Å². The molecule has 29 heavy (non-hydrogen) atoms. The topological polar surface area (TPSA) is 55.8 Å². The van der Waals surface area contributed by atoms with Crippen molar-refractivity contribution in [2.75, 3.05) is 26.3 Å². The normalized spacial score (nSPS) is 16.6. The number of nitrogens with zero attached hydrogens (tertiary/aromatic N) is 1. The molecule has 0 unspecified atom stereocenters. The van der Waals surface area contributed by atoms with Crippen LogP contribution in [-0.2, 0) is 11.2 Å². The van der Waals surface area contributed by atoms with Gasteiger partial charge in [-0.2, -0.15) is 0 Å². The lowest BCUT2D eigenvalue weighted by Crippen LogP contribution is -2.41. The molecule has 0 aliphatic carbocycles. The highest BCUT2D eigenvalue weighted by atomic mass is 35.5. The van der Waals surface area contributed by atoms with Crippen LogP contribution >= 0.6 is 23.2 Å². The summed E-state index contributed by atoms with van der Waals surface area (Å²) in [6.07, 6.45) is 1.60. The zero-order chi connectivity index (χ0) is 20.4. The van der Waals surface area contributed by atoms with E-state index < -0.39 is 0 Å². The molecule has 0 aromatic heterocycles. The maximum absolute atomic E-state index is 12.7. The Morgan fingerprint density at radius 2 is 1.66 bits per heavy atom. The van der Waals surface area contributed by atoms with Crippen molar-refractivity contribution in [1.82, 2.24) is 4.90 Å². The number of Topliss-reactive ketones (excluding diaryl/α,β-unsaturated/α-hetero) is 1. The number of rotatable bonds is 4. The molecule has 7 heteroatoms. The van der Waals surface area contributed by atoms with E-state index in [-0.39, 0.29) is 17.6 Å². The van der Waals surface area contributed by atoms with E-state index in [1.165, 1.54) is 0 Å². The number of carbonyl (C=O) groups excluding carboxylic acids is 2. The van der Waals surface area contributed by atoms with Crippen LogP contribution in [0.4, 0.5) is 0 Å². The lowest BCUT2D eigenvalue weighted by atomic mass is 9.88. The lowest BCUT2D eigenvalue weighted by molar-refractivity contribution is -0.131. The lowest BCUT2D eigenvalue weighted by Gasteiger charge is -2.31. The third-order valence-corrected chi connectivity index (χ3v) is 6.12. The minimum atomic E-state index is -0.106. The van der Waals surface area contributed by atoms with Crippen LogP contribution in [0.3, 0.4) is 0 Å². The highest BCUT2D eigenvalue weighted by molar-refractivity contribution is 6.42. The number of halogens is 2. The number of carbonyl (C=O) groups is 2. The number of ketones is 1. The number of ether oxygens (including phenoxy) is 2. The van der Waals surface area contributed by atoms with Gasteiger partial charge in [0.15, 0.2) is 17.3 Å². The fraction of sp³-hybridized carbons (Fsp3) is 0.364. The largest absolute Gasteiger partial charge is 0.486 e. The Morgan fingerprint density at radius 1 is 0.931 bits per heavy atom. The Kier molecular flexibility index (Phi) is 5.97. The van der Waals surface area contributed by atoms with Gasteiger partial charge in [0, 0.05) is 24.6 Å². The van der Waals surface area contributed by atoms with Crippen molar-refractivity contribution in [2.45, 2.75) is 19.3 Å². The predicted octanol–water partition coefficient (Wildman–Crippen LogP) is 4.43. The molecule has 0 bridgehead atoms. The van der Waals surface area contributed by atoms with Gasteiger partial charge in [0.25, 0.3) is 0 Å². The fourth-order valence-electron chi connectivity index (χ4n) is 3.76. The summed E-state index contributed by atoms with van der Waals surface area (Å²) in [6, 6.07) is 10.6. The van der Waals surface area contributed by atoms with Crippen LogP contribution < -0.4 is 9.47 Å². The molecule has 2 aromatic carbocycles. The zero-order valence-electron chi connectivity index (χ0n) is 15.8. The van der Waals surface area contributed by atoms with Crippen molar-refractivity contribution in [1.29, 1.82) is 0 Å². The molecule has 2 aliphatic rings. The maximum atomic E-state index is 12.7. The molecule has 0 radical (unpaired) electrons. The van der Waals surface area contributed by atoms with Crippen LogP contribution in [0.15, 0.2) is 36.4 Å². The summed E-state index contributed by atoms with van der Waals surface area (Å²) in [4.78, 5) is 27.3. The predicted molar refractivity (Wildman–Crippen MR) is 111 cm³/mol. The molecule has 152 valence electrons. The second-order valence-corrected chi connectivity index (χ2v) is 8.12. The minimum Gasteiger partial charge on any atom is -0.486 e. The number of hydrogen-bond donors (Lipinski definition) is 0. The Morgan fingerprint density at radius 3 is 2.38 bits per heavy atom. The minimum absolute atomic E-state index is 0.0575. The van der Waals surface area contributed by atoms with Gasteiger partial charge in [0.1, 0.15) is 13.2 Å². The van der Waals surface area contributed by atoms with Crippen LogP contribution in [-0.4, -0.2) is 42.9 Å². The van der Waals surface area contributed by atoms with Gasteiger partial charge < -0.3 is 14.4 Å². The summed E-state index contributed by atoms with van der Waals surface area (Å²) in [7, 11) is 0. The first-order chi connectivity index (χ1) is 14.0. The number of piperidine rings is 1. The molecule has 0 atom stereocenters. The Bertz CT molecular complexity index is 938. The van der Waals surface area contributed by atoms with E-state index in [1.54, 1.807) is 18.2 Å². The van der Waals surface area contributed by atoms with E-state index in [2.05, 4.69) is 0 Å². The number of fused-ring (bicyclic) bond motifs is 1. The van der Waals surface area contributed by atoms with Crippen LogP contribution in [0, 0.1) is 5.92 Å². The van der Waals surface area contributed by atoms with Crippen molar-refractivity contribution in [3.8, 4) is 11.5 Å². The summed E-state index contributed by atoms with van der Waals surface area (Å²) >= 11 is 12.0.